The van der Waals surface area contributed by atoms with Crippen LogP contribution in [-0.4, -0.2) is 30.6 Å². The fraction of sp³-hybridized carbons (Fsp3) is 0.933. The Morgan fingerprint density at radius 2 is 1.61 bits per heavy atom. The normalized spacial score (nSPS) is 20.8. The third kappa shape index (κ3) is 4.69. The van der Waals surface area contributed by atoms with Crippen LogP contribution in [0.2, 0.25) is 0 Å². The van der Waals surface area contributed by atoms with Gasteiger partial charge in [-0.3, -0.25) is 4.79 Å². The summed E-state index contributed by atoms with van der Waals surface area (Å²) in [5.74, 6) is 0.731. The van der Waals surface area contributed by atoms with Crippen molar-refractivity contribution in [3.63, 3.8) is 0 Å². The van der Waals surface area contributed by atoms with Gasteiger partial charge < -0.3 is 10.1 Å². The zero-order valence-corrected chi connectivity index (χ0v) is 12.8. The van der Waals surface area contributed by atoms with E-state index in [2.05, 4.69) is 26.1 Å². The smallest absolute Gasteiger partial charge is 0.155 e. The van der Waals surface area contributed by atoms with Gasteiger partial charge in [-0.25, -0.2) is 0 Å². The molecule has 1 heterocycles. The predicted octanol–water partition coefficient (Wildman–Crippen LogP) is 2.78. The number of carbonyl (C=O) groups excluding carboxylic acids is 1. The van der Waals surface area contributed by atoms with Gasteiger partial charge in [-0.1, -0.05) is 20.8 Å². The Morgan fingerprint density at radius 3 is 2.00 bits per heavy atom. The van der Waals surface area contributed by atoms with Crippen molar-refractivity contribution < 1.29 is 9.53 Å². The quantitative estimate of drug-likeness (QED) is 0.842. The molecule has 1 aliphatic heterocycles. The average Bonchev–Trinajstić information content (AvgIpc) is 2.24. The molecule has 0 aromatic heterocycles. The largest absolute Gasteiger partial charge is 0.381 e. The zero-order valence-electron chi connectivity index (χ0n) is 12.8. The number of Topliss-reactive ketones (excluding diaryl/α,β-unsaturated/α-hetero) is 1. The molecule has 0 amide bonds. The molecule has 0 aliphatic carbocycles. The van der Waals surface area contributed by atoms with Crippen molar-refractivity contribution in [1.82, 2.24) is 5.32 Å². The van der Waals surface area contributed by atoms with Crippen LogP contribution in [0.25, 0.3) is 0 Å². The number of carbonyl (C=O) groups is 1. The summed E-state index contributed by atoms with van der Waals surface area (Å²) in [5.41, 5.74) is -0.328. The topological polar surface area (TPSA) is 38.3 Å². The van der Waals surface area contributed by atoms with E-state index in [1.54, 1.807) is 0 Å². The first-order valence-corrected chi connectivity index (χ1v) is 7.01. The third-order valence-electron chi connectivity index (χ3n) is 3.35. The maximum absolute atomic E-state index is 12.6. The van der Waals surface area contributed by atoms with Crippen molar-refractivity contribution in [2.45, 2.75) is 66.0 Å². The molecule has 0 unspecified atom stereocenters. The van der Waals surface area contributed by atoms with E-state index in [-0.39, 0.29) is 17.0 Å². The molecule has 1 rings (SSSR count). The Bertz CT molecular complexity index is 280. The molecule has 0 aromatic rings. The Morgan fingerprint density at radius 1 is 1.11 bits per heavy atom. The van der Waals surface area contributed by atoms with Crippen molar-refractivity contribution >= 4 is 5.78 Å². The molecule has 18 heavy (non-hydrogen) atoms. The highest BCUT2D eigenvalue weighted by atomic mass is 16.5. The van der Waals surface area contributed by atoms with Crippen LogP contribution < -0.4 is 5.32 Å². The first-order valence-electron chi connectivity index (χ1n) is 7.01. The first kappa shape index (κ1) is 15.6. The molecule has 3 nitrogen and oxygen atoms in total. The van der Waals surface area contributed by atoms with E-state index in [0.717, 1.165) is 26.1 Å². The van der Waals surface area contributed by atoms with Gasteiger partial charge in [0.05, 0.1) is 6.04 Å². The summed E-state index contributed by atoms with van der Waals surface area (Å²) in [5, 5.41) is 3.53. The van der Waals surface area contributed by atoms with Crippen LogP contribution in [0.5, 0.6) is 0 Å². The minimum atomic E-state index is -0.290. The Kier molecular flexibility index (Phi) is 4.96. The lowest BCUT2D eigenvalue weighted by molar-refractivity contribution is -0.131. The second-order valence-electron chi connectivity index (χ2n) is 7.44. The Labute approximate surface area is 112 Å². The maximum Gasteiger partial charge on any atom is 0.155 e. The summed E-state index contributed by atoms with van der Waals surface area (Å²) in [6.45, 7) is 13.9. The SMILES string of the molecule is CC(C)(C)N[C@H](C(=O)C(C)(C)C)C1CCOCC1. The summed E-state index contributed by atoms with van der Waals surface area (Å²) in [7, 11) is 0. The molecule has 1 N–H and O–H groups in total. The maximum atomic E-state index is 12.6. The van der Waals surface area contributed by atoms with Crippen LogP contribution in [0, 0.1) is 11.3 Å². The number of hydrogen-bond acceptors (Lipinski definition) is 3. The van der Waals surface area contributed by atoms with Gasteiger partial charge in [0.2, 0.25) is 0 Å². The van der Waals surface area contributed by atoms with E-state index in [9.17, 15) is 4.79 Å². The molecule has 0 radical (unpaired) electrons. The van der Waals surface area contributed by atoms with E-state index in [1.807, 2.05) is 20.8 Å². The van der Waals surface area contributed by atoms with Gasteiger partial charge in [-0.15, -0.1) is 0 Å². The highest BCUT2D eigenvalue weighted by Crippen LogP contribution is 2.27. The fourth-order valence-electron chi connectivity index (χ4n) is 2.38. The van der Waals surface area contributed by atoms with Crippen LogP contribution in [-0.2, 0) is 9.53 Å². The number of ketones is 1. The second kappa shape index (κ2) is 5.70. The van der Waals surface area contributed by atoms with Gasteiger partial charge in [0, 0.05) is 24.2 Å². The molecule has 1 atom stereocenters. The van der Waals surface area contributed by atoms with Crippen LogP contribution in [0.3, 0.4) is 0 Å². The molecule has 0 bridgehead atoms. The summed E-state index contributed by atoms with van der Waals surface area (Å²) in [4.78, 5) is 12.6. The van der Waals surface area contributed by atoms with Gasteiger partial charge in [-0.05, 0) is 39.5 Å². The van der Waals surface area contributed by atoms with Crippen molar-refractivity contribution in [3.8, 4) is 0 Å². The van der Waals surface area contributed by atoms with Crippen molar-refractivity contribution in [1.29, 1.82) is 0 Å². The lowest BCUT2D eigenvalue weighted by atomic mass is 9.78. The van der Waals surface area contributed by atoms with E-state index in [0.29, 0.717) is 11.7 Å². The average molecular weight is 255 g/mol. The van der Waals surface area contributed by atoms with Crippen molar-refractivity contribution in [2.24, 2.45) is 11.3 Å². The number of hydrogen-bond donors (Lipinski definition) is 1. The van der Waals surface area contributed by atoms with E-state index >= 15 is 0 Å². The number of nitrogens with one attached hydrogen (secondary N) is 1. The lowest BCUT2D eigenvalue weighted by Gasteiger charge is -2.38. The molecule has 1 aliphatic rings. The van der Waals surface area contributed by atoms with Crippen molar-refractivity contribution in [2.75, 3.05) is 13.2 Å². The molecule has 106 valence electrons. The number of ether oxygens (including phenoxy) is 1. The van der Waals surface area contributed by atoms with Gasteiger partial charge in [-0.2, -0.15) is 0 Å². The highest BCUT2D eigenvalue weighted by Gasteiger charge is 2.37. The highest BCUT2D eigenvalue weighted by molar-refractivity contribution is 5.89. The van der Waals surface area contributed by atoms with Crippen molar-refractivity contribution in [3.05, 3.63) is 0 Å². The third-order valence-corrected chi connectivity index (χ3v) is 3.35. The molecule has 3 heteroatoms. The van der Waals surface area contributed by atoms with Crippen LogP contribution >= 0.6 is 0 Å². The van der Waals surface area contributed by atoms with Gasteiger partial charge in [0.1, 0.15) is 0 Å². The monoisotopic (exact) mass is 255 g/mol. The molecule has 1 fully saturated rings. The molecule has 0 aromatic carbocycles. The molecule has 1 saturated heterocycles. The minimum absolute atomic E-state index is 0.0378. The summed E-state index contributed by atoms with van der Waals surface area (Å²) in [6.07, 6.45) is 1.96. The summed E-state index contributed by atoms with van der Waals surface area (Å²) < 4.78 is 5.41. The fourth-order valence-corrected chi connectivity index (χ4v) is 2.38. The standard InChI is InChI=1S/C15H29NO2/c1-14(2,3)13(17)12(16-15(4,5)6)11-7-9-18-10-8-11/h11-12,16H,7-10H2,1-6H3/t12-/m0/s1. The zero-order chi connectivity index (χ0) is 14.0. The van der Waals surface area contributed by atoms with Gasteiger partial charge >= 0.3 is 0 Å². The van der Waals surface area contributed by atoms with E-state index < -0.39 is 0 Å². The second-order valence-corrected chi connectivity index (χ2v) is 7.44. The van der Waals surface area contributed by atoms with Crippen LogP contribution in [0.1, 0.15) is 54.4 Å². The number of rotatable bonds is 3. The minimum Gasteiger partial charge on any atom is -0.381 e. The van der Waals surface area contributed by atoms with Gasteiger partial charge in [0.25, 0.3) is 0 Å². The Balaban J connectivity index is 2.83. The van der Waals surface area contributed by atoms with E-state index in [1.165, 1.54) is 0 Å². The first-order chi connectivity index (χ1) is 8.11. The predicted molar refractivity (Wildman–Crippen MR) is 74.7 cm³/mol. The van der Waals surface area contributed by atoms with Crippen LogP contribution in [0.15, 0.2) is 0 Å². The summed E-state index contributed by atoms with van der Waals surface area (Å²) >= 11 is 0. The van der Waals surface area contributed by atoms with E-state index in [4.69, 9.17) is 4.74 Å². The Hall–Kier alpha value is -0.410. The molecule has 0 saturated carbocycles. The van der Waals surface area contributed by atoms with Gasteiger partial charge in [0.15, 0.2) is 5.78 Å². The summed E-state index contributed by atoms with van der Waals surface area (Å²) in [6, 6.07) is -0.0473. The lowest BCUT2D eigenvalue weighted by Crippen LogP contribution is -2.55. The molecular formula is C15H29NO2. The molecular weight excluding hydrogens is 226 g/mol. The molecule has 0 spiro atoms. The van der Waals surface area contributed by atoms with Crippen LogP contribution in [0.4, 0.5) is 0 Å².